The fourth-order valence-electron chi connectivity index (χ4n) is 2.82. The van der Waals surface area contributed by atoms with Crippen molar-refractivity contribution in [3.63, 3.8) is 0 Å². The van der Waals surface area contributed by atoms with Crippen LogP contribution in [0.4, 0.5) is 0 Å². The molecule has 0 amide bonds. The van der Waals surface area contributed by atoms with E-state index in [1.165, 1.54) is 4.31 Å². The van der Waals surface area contributed by atoms with E-state index in [4.69, 9.17) is 0 Å². The van der Waals surface area contributed by atoms with Crippen LogP contribution in [0.2, 0.25) is 0 Å². The molecule has 1 aliphatic rings. The summed E-state index contributed by atoms with van der Waals surface area (Å²) in [7, 11) is -7.19. The Labute approximate surface area is 154 Å². The van der Waals surface area contributed by atoms with E-state index in [0.717, 1.165) is 15.1 Å². The maximum atomic E-state index is 12.8. The predicted molar refractivity (Wildman–Crippen MR) is 97.4 cm³/mol. The predicted octanol–water partition coefficient (Wildman–Crippen LogP) is 3.14. The monoisotopic (exact) mass is 449 g/mol. The Balaban J connectivity index is 1.86. The van der Waals surface area contributed by atoms with Gasteiger partial charge in [0.2, 0.25) is 0 Å². The molecule has 1 atom stereocenters. The third-order valence-corrected chi connectivity index (χ3v) is 9.81. The van der Waals surface area contributed by atoms with Crippen molar-refractivity contribution >= 4 is 47.1 Å². The van der Waals surface area contributed by atoms with Gasteiger partial charge in [-0.15, -0.1) is 11.3 Å². The van der Waals surface area contributed by atoms with Gasteiger partial charge in [-0.25, -0.2) is 16.8 Å². The molecular weight excluding hydrogens is 434 g/mol. The second-order valence-corrected chi connectivity index (χ2v) is 12.2. The van der Waals surface area contributed by atoms with Crippen molar-refractivity contribution in [3.05, 3.63) is 46.3 Å². The highest BCUT2D eigenvalue weighted by molar-refractivity contribution is 9.11. The molecule has 0 aliphatic carbocycles. The first kappa shape index (κ1) is 18.1. The summed E-state index contributed by atoms with van der Waals surface area (Å²) in [6.07, 6.45) is 1.22. The third kappa shape index (κ3) is 3.60. The summed E-state index contributed by atoms with van der Waals surface area (Å²) >= 11 is 4.40. The van der Waals surface area contributed by atoms with E-state index in [2.05, 4.69) is 15.9 Å². The van der Waals surface area contributed by atoms with Crippen LogP contribution in [0.3, 0.4) is 0 Å². The summed E-state index contributed by atoms with van der Waals surface area (Å²) in [6, 6.07) is 10.9. The van der Waals surface area contributed by atoms with Gasteiger partial charge in [0.25, 0.3) is 10.0 Å². The van der Waals surface area contributed by atoms with Crippen LogP contribution >= 0.6 is 27.3 Å². The number of sulfonamides is 1. The summed E-state index contributed by atoms with van der Waals surface area (Å²) in [5, 5.41) is 0. The molecule has 2 heterocycles. The Morgan fingerprint density at radius 1 is 1.08 bits per heavy atom. The molecule has 1 aliphatic heterocycles. The molecule has 1 saturated heterocycles. The summed E-state index contributed by atoms with van der Waals surface area (Å²) in [5.41, 5.74) is 0. The largest absolute Gasteiger partial charge is 0.252 e. The molecule has 0 spiro atoms. The minimum Gasteiger partial charge on any atom is -0.224 e. The average molecular weight is 450 g/mol. The van der Waals surface area contributed by atoms with Gasteiger partial charge in [0, 0.05) is 12.6 Å². The van der Waals surface area contributed by atoms with Gasteiger partial charge in [0.1, 0.15) is 4.21 Å². The van der Waals surface area contributed by atoms with Crippen molar-refractivity contribution in [1.82, 2.24) is 4.31 Å². The number of nitrogens with zero attached hydrogens (tertiary/aromatic N) is 1. The van der Waals surface area contributed by atoms with E-state index in [-0.39, 0.29) is 14.9 Å². The summed E-state index contributed by atoms with van der Waals surface area (Å²) in [6.45, 7) is 0.354. The lowest BCUT2D eigenvalue weighted by Crippen LogP contribution is -2.39. The van der Waals surface area contributed by atoms with E-state index in [9.17, 15) is 16.8 Å². The topological polar surface area (TPSA) is 71.5 Å². The van der Waals surface area contributed by atoms with E-state index in [1.54, 1.807) is 42.5 Å². The highest BCUT2D eigenvalue weighted by Crippen LogP contribution is 2.33. The fourth-order valence-corrected chi connectivity index (χ4v) is 8.37. The Morgan fingerprint density at radius 3 is 2.42 bits per heavy atom. The Bertz CT molecular complexity index is 923. The first-order chi connectivity index (χ1) is 11.3. The molecule has 5 nitrogen and oxygen atoms in total. The molecule has 9 heteroatoms. The van der Waals surface area contributed by atoms with Gasteiger partial charge in [0.05, 0.1) is 14.4 Å². The van der Waals surface area contributed by atoms with E-state index >= 15 is 0 Å². The van der Waals surface area contributed by atoms with Crippen LogP contribution in [-0.4, -0.2) is 39.5 Å². The smallest absolute Gasteiger partial charge is 0.224 e. The molecule has 0 saturated carbocycles. The zero-order valence-electron chi connectivity index (χ0n) is 12.6. The van der Waals surface area contributed by atoms with E-state index < -0.39 is 25.9 Å². The lowest BCUT2D eigenvalue weighted by atomic mass is 10.3. The zero-order chi connectivity index (χ0) is 17.4. The molecule has 0 N–H and O–H groups in total. The standard InChI is InChI=1S/C15H16BrNO4S3/c16-14-8-9-15(22-14)24(20,21)17-10-4-5-12(17)11-23(18,19)13-6-2-1-3-7-13/h1-3,6-9,12H,4-5,10-11H2. The number of hydrogen-bond acceptors (Lipinski definition) is 5. The van der Waals surface area contributed by atoms with Crippen molar-refractivity contribution in [2.75, 3.05) is 12.3 Å². The number of sulfone groups is 1. The lowest BCUT2D eigenvalue weighted by Gasteiger charge is -2.23. The number of rotatable bonds is 5. The average Bonchev–Trinajstić information content (AvgIpc) is 3.17. The fraction of sp³-hybridized carbons (Fsp3) is 0.333. The van der Waals surface area contributed by atoms with Crippen molar-refractivity contribution in [2.24, 2.45) is 0 Å². The van der Waals surface area contributed by atoms with Crippen LogP contribution in [0.5, 0.6) is 0 Å². The number of benzene rings is 1. The van der Waals surface area contributed by atoms with Crippen LogP contribution in [0.1, 0.15) is 12.8 Å². The van der Waals surface area contributed by atoms with Crippen LogP contribution in [0.25, 0.3) is 0 Å². The molecular formula is C15H16BrNO4S3. The Hall–Kier alpha value is -0.740. The minimum absolute atomic E-state index is 0.192. The molecule has 0 bridgehead atoms. The Morgan fingerprint density at radius 2 is 1.79 bits per heavy atom. The van der Waals surface area contributed by atoms with Crippen LogP contribution < -0.4 is 0 Å². The van der Waals surface area contributed by atoms with Crippen molar-refractivity contribution in [3.8, 4) is 0 Å². The molecule has 1 unspecified atom stereocenters. The van der Waals surface area contributed by atoms with Crippen molar-refractivity contribution < 1.29 is 16.8 Å². The van der Waals surface area contributed by atoms with E-state index in [0.29, 0.717) is 19.4 Å². The SMILES string of the molecule is O=S(=O)(CC1CCCN1S(=O)(=O)c1ccc(Br)s1)c1ccccc1. The number of thiophene rings is 1. The highest BCUT2D eigenvalue weighted by Gasteiger charge is 2.38. The minimum atomic E-state index is -3.66. The molecule has 1 fully saturated rings. The molecule has 0 radical (unpaired) electrons. The maximum absolute atomic E-state index is 12.8. The summed E-state index contributed by atoms with van der Waals surface area (Å²) in [5.74, 6) is -0.192. The van der Waals surface area contributed by atoms with Crippen LogP contribution in [0.15, 0.2) is 55.4 Å². The molecule has 1 aromatic carbocycles. The summed E-state index contributed by atoms with van der Waals surface area (Å²) < 4.78 is 53.1. The van der Waals surface area contributed by atoms with Crippen molar-refractivity contribution in [2.45, 2.75) is 28.0 Å². The third-order valence-electron chi connectivity index (χ3n) is 3.95. The van der Waals surface area contributed by atoms with Gasteiger partial charge in [-0.2, -0.15) is 4.31 Å². The van der Waals surface area contributed by atoms with Gasteiger partial charge in [-0.3, -0.25) is 0 Å². The zero-order valence-corrected chi connectivity index (χ0v) is 16.7. The number of hydrogen-bond donors (Lipinski definition) is 0. The molecule has 2 aromatic rings. The van der Waals surface area contributed by atoms with Gasteiger partial charge < -0.3 is 0 Å². The normalized spacial score (nSPS) is 19.6. The highest BCUT2D eigenvalue weighted by atomic mass is 79.9. The molecule has 24 heavy (non-hydrogen) atoms. The van der Waals surface area contributed by atoms with Crippen molar-refractivity contribution in [1.29, 1.82) is 0 Å². The van der Waals surface area contributed by atoms with Gasteiger partial charge in [0.15, 0.2) is 9.84 Å². The molecule has 1 aromatic heterocycles. The van der Waals surface area contributed by atoms with Gasteiger partial charge in [-0.05, 0) is 53.0 Å². The van der Waals surface area contributed by atoms with Gasteiger partial charge >= 0.3 is 0 Å². The first-order valence-corrected chi connectivity index (χ1v) is 12.1. The maximum Gasteiger partial charge on any atom is 0.252 e. The second kappa shape index (κ2) is 6.87. The van der Waals surface area contributed by atoms with Gasteiger partial charge in [-0.1, -0.05) is 18.2 Å². The Kier molecular flexibility index (Phi) is 5.17. The lowest BCUT2D eigenvalue weighted by molar-refractivity contribution is 0.409. The first-order valence-electron chi connectivity index (χ1n) is 7.36. The van der Waals surface area contributed by atoms with E-state index in [1.807, 2.05) is 0 Å². The van der Waals surface area contributed by atoms with Crippen LogP contribution in [0, 0.1) is 0 Å². The quantitative estimate of drug-likeness (QED) is 0.702. The molecule has 3 rings (SSSR count). The molecule has 130 valence electrons. The summed E-state index contributed by atoms with van der Waals surface area (Å²) in [4.78, 5) is 0.230. The number of halogens is 1. The second-order valence-electron chi connectivity index (χ2n) is 5.56. The van der Waals surface area contributed by atoms with Crippen LogP contribution in [-0.2, 0) is 19.9 Å².